The number of piperazine rings is 1. The van der Waals surface area contributed by atoms with Crippen molar-refractivity contribution in [3.63, 3.8) is 0 Å². The first kappa shape index (κ1) is 27.1. The van der Waals surface area contributed by atoms with Gasteiger partial charge in [-0.3, -0.25) is 4.90 Å². The summed E-state index contributed by atoms with van der Waals surface area (Å²) in [5.41, 5.74) is 0. The Balaban J connectivity index is -0.000000471. The third-order valence-corrected chi connectivity index (χ3v) is 3.53. The molecule has 0 saturated carbocycles. The highest BCUT2D eigenvalue weighted by Gasteiger charge is 2.27. The molecule has 1 rings (SSSR count). The van der Waals surface area contributed by atoms with Crippen LogP contribution in [0.3, 0.4) is 0 Å². The van der Waals surface area contributed by atoms with Crippen LogP contribution in [0.2, 0.25) is 0 Å². The number of hydrogen-bond donors (Lipinski definition) is 0. The Morgan fingerprint density at radius 2 is 1.50 bits per heavy atom. The smallest absolute Gasteiger partial charge is 0.106 e. The molecule has 0 aromatic heterocycles. The predicted molar refractivity (Wildman–Crippen MR) is 109 cm³/mol. The fraction of sp³-hybridized carbons (Fsp3) is 0.571. The number of unbranched alkanes of at least 4 members (excludes halogenated alkanes) is 2. The van der Waals surface area contributed by atoms with Gasteiger partial charge in [0.1, 0.15) is 6.79 Å². The van der Waals surface area contributed by atoms with Gasteiger partial charge in [-0.05, 0) is 39.7 Å². The van der Waals surface area contributed by atoms with Crippen molar-refractivity contribution in [3.05, 3.63) is 38.0 Å². The molecule has 0 spiro atoms. The zero-order valence-corrected chi connectivity index (χ0v) is 16.3. The first-order valence-electron chi connectivity index (χ1n) is 8.70. The topological polar surface area (TPSA) is 23.6 Å². The van der Waals surface area contributed by atoms with Gasteiger partial charge in [0.25, 0.3) is 0 Å². The number of carbonyl (C=O) groups excluding carboxylic acids is 1. The largest absolute Gasteiger partial charge is 0.330 e. The van der Waals surface area contributed by atoms with Crippen LogP contribution >= 0.6 is 0 Å². The van der Waals surface area contributed by atoms with Gasteiger partial charge in [0.05, 0.1) is 0 Å². The first-order valence-corrected chi connectivity index (χ1v) is 8.70. The van der Waals surface area contributed by atoms with Crippen molar-refractivity contribution in [2.24, 2.45) is 0 Å². The van der Waals surface area contributed by atoms with Gasteiger partial charge in [0, 0.05) is 31.2 Å². The van der Waals surface area contributed by atoms with Crippen LogP contribution in [0.4, 0.5) is 0 Å². The van der Waals surface area contributed by atoms with Gasteiger partial charge in [-0.1, -0.05) is 51.7 Å². The lowest BCUT2D eigenvalue weighted by molar-refractivity contribution is -0.0979. The van der Waals surface area contributed by atoms with Crippen molar-refractivity contribution in [3.8, 4) is 12.5 Å². The molecule has 138 valence electrons. The third-order valence-electron chi connectivity index (χ3n) is 3.53. The standard InChI is InChI=1S/C14H24N2.C4H6.C2H6.CH2O/c1-5-7-8-9-10-16-13(3)11-15(6-2)12-14(16)4;1-3-4-2;2*1-2/h2,5,13-14H,1,7-12H2,3-4H3;3-4H,1-2H2;1-2H3;1H2. The molecule has 1 aliphatic heterocycles. The summed E-state index contributed by atoms with van der Waals surface area (Å²) in [7, 11) is 0. The Labute approximate surface area is 151 Å². The maximum atomic E-state index is 8.00. The number of terminal acetylenes is 1. The molecule has 0 aliphatic carbocycles. The summed E-state index contributed by atoms with van der Waals surface area (Å²) in [6, 6.07) is 3.90. The molecule has 3 heteroatoms. The van der Waals surface area contributed by atoms with E-state index in [1.54, 1.807) is 12.2 Å². The minimum Gasteiger partial charge on any atom is -0.330 e. The van der Waals surface area contributed by atoms with E-state index in [0.717, 1.165) is 19.5 Å². The van der Waals surface area contributed by atoms with Gasteiger partial charge >= 0.3 is 0 Å². The average molecular weight is 335 g/mol. The number of allylic oxidation sites excluding steroid dienone is 3. The van der Waals surface area contributed by atoms with E-state index < -0.39 is 0 Å². The van der Waals surface area contributed by atoms with Crippen molar-refractivity contribution in [2.45, 2.75) is 59.0 Å². The summed E-state index contributed by atoms with van der Waals surface area (Å²) >= 11 is 0. The molecule has 2 atom stereocenters. The lowest BCUT2D eigenvalue weighted by Crippen LogP contribution is -2.55. The molecule has 1 fully saturated rings. The summed E-state index contributed by atoms with van der Waals surface area (Å²) < 4.78 is 0. The summed E-state index contributed by atoms with van der Waals surface area (Å²) in [6.07, 6.45) is 14.4. The van der Waals surface area contributed by atoms with E-state index >= 15 is 0 Å². The zero-order valence-electron chi connectivity index (χ0n) is 16.3. The molecule has 1 heterocycles. The highest BCUT2D eigenvalue weighted by atomic mass is 16.1. The van der Waals surface area contributed by atoms with Crippen LogP contribution in [0.5, 0.6) is 0 Å². The summed E-state index contributed by atoms with van der Waals surface area (Å²) in [6.45, 7) is 24.2. The lowest BCUT2D eigenvalue weighted by atomic mass is 10.1. The van der Waals surface area contributed by atoms with Crippen LogP contribution in [-0.2, 0) is 4.79 Å². The molecule has 2 unspecified atom stereocenters. The maximum Gasteiger partial charge on any atom is 0.106 e. The molecular formula is C21H38N2O. The van der Waals surface area contributed by atoms with Crippen LogP contribution in [0.15, 0.2) is 38.0 Å². The van der Waals surface area contributed by atoms with E-state index in [1.165, 1.54) is 19.4 Å². The van der Waals surface area contributed by atoms with Crippen molar-refractivity contribution in [1.29, 1.82) is 0 Å². The monoisotopic (exact) mass is 334 g/mol. The molecular weight excluding hydrogens is 296 g/mol. The fourth-order valence-corrected chi connectivity index (χ4v) is 2.49. The van der Waals surface area contributed by atoms with Gasteiger partial charge in [-0.15, -0.1) is 6.58 Å². The minimum atomic E-state index is 0.573. The van der Waals surface area contributed by atoms with E-state index in [2.05, 4.69) is 49.4 Å². The normalized spacial score (nSPS) is 18.9. The van der Waals surface area contributed by atoms with E-state index in [0.29, 0.717) is 12.1 Å². The second-order valence-corrected chi connectivity index (χ2v) is 5.23. The quantitative estimate of drug-likeness (QED) is 0.309. The van der Waals surface area contributed by atoms with Crippen LogP contribution in [-0.4, -0.2) is 48.3 Å². The second kappa shape index (κ2) is 21.2. The van der Waals surface area contributed by atoms with E-state index in [4.69, 9.17) is 11.2 Å². The summed E-state index contributed by atoms with van der Waals surface area (Å²) in [5, 5.41) is 0. The van der Waals surface area contributed by atoms with E-state index in [9.17, 15) is 0 Å². The SMILES string of the molecule is C#CN1CC(C)N(CCCCC=C)C(C)C1.C=CC=C.C=O.CC. The van der Waals surface area contributed by atoms with Gasteiger partial charge in [0.2, 0.25) is 0 Å². The third kappa shape index (κ3) is 13.8. The highest BCUT2D eigenvalue weighted by molar-refractivity contribution is 5.11. The van der Waals surface area contributed by atoms with Gasteiger partial charge in [0.15, 0.2) is 0 Å². The van der Waals surface area contributed by atoms with Crippen LogP contribution in [0.1, 0.15) is 47.0 Å². The molecule has 24 heavy (non-hydrogen) atoms. The molecule has 0 N–H and O–H groups in total. The Morgan fingerprint density at radius 1 is 1.04 bits per heavy atom. The zero-order chi connectivity index (χ0) is 19.4. The summed E-state index contributed by atoms with van der Waals surface area (Å²) in [4.78, 5) is 12.7. The fourth-order valence-electron chi connectivity index (χ4n) is 2.49. The number of hydrogen-bond acceptors (Lipinski definition) is 3. The van der Waals surface area contributed by atoms with Crippen molar-refractivity contribution in [1.82, 2.24) is 9.80 Å². The number of rotatable bonds is 6. The van der Waals surface area contributed by atoms with Crippen LogP contribution in [0.25, 0.3) is 0 Å². The maximum absolute atomic E-state index is 8.00. The van der Waals surface area contributed by atoms with E-state index in [-0.39, 0.29) is 0 Å². The van der Waals surface area contributed by atoms with Gasteiger partial charge in [-0.25, -0.2) is 0 Å². The molecule has 0 amide bonds. The molecule has 0 radical (unpaired) electrons. The average Bonchev–Trinajstić information content (AvgIpc) is 2.63. The van der Waals surface area contributed by atoms with Gasteiger partial charge in [-0.2, -0.15) is 0 Å². The van der Waals surface area contributed by atoms with E-state index in [1.807, 2.05) is 26.7 Å². The number of carbonyl (C=O) groups is 1. The highest BCUT2D eigenvalue weighted by Crippen LogP contribution is 2.16. The summed E-state index contributed by atoms with van der Waals surface area (Å²) in [5.74, 6) is 0. The Hall–Kier alpha value is -1.79. The van der Waals surface area contributed by atoms with Crippen molar-refractivity contribution in [2.75, 3.05) is 19.6 Å². The predicted octanol–water partition coefficient (Wildman–Crippen LogP) is 4.53. The lowest BCUT2D eigenvalue weighted by Gasteiger charge is -2.43. The Bertz CT molecular complexity index is 328. The Morgan fingerprint density at radius 3 is 1.83 bits per heavy atom. The van der Waals surface area contributed by atoms with Crippen LogP contribution in [0, 0.1) is 12.5 Å². The van der Waals surface area contributed by atoms with Gasteiger partial charge < -0.3 is 9.69 Å². The molecule has 0 aromatic rings. The first-order chi connectivity index (χ1) is 11.6. The molecule has 1 saturated heterocycles. The number of nitrogens with zero attached hydrogens (tertiary/aromatic N) is 2. The van der Waals surface area contributed by atoms with Crippen LogP contribution < -0.4 is 0 Å². The molecule has 0 bridgehead atoms. The molecule has 1 aliphatic rings. The second-order valence-electron chi connectivity index (χ2n) is 5.23. The Kier molecular flexibility index (Phi) is 23.9. The minimum absolute atomic E-state index is 0.573. The molecule has 3 nitrogen and oxygen atoms in total. The van der Waals surface area contributed by atoms with Crippen molar-refractivity contribution >= 4 is 6.79 Å². The molecule has 0 aromatic carbocycles. The van der Waals surface area contributed by atoms with Crippen molar-refractivity contribution < 1.29 is 4.79 Å².